The summed E-state index contributed by atoms with van der Waals surface area (Å²) in [4.78, 5) is 27.3. The third kappa shape index (κ3) is 3.98. The number of rotatable bonds is 5. The Kier molecular flexibility index (Phi) is 5.63. The molecule has 3 aromatic carbocycles. The molecule has 0 atom stereocenters. The first kappa shape index (κ1) is 19.9. The van der Waals surface area contributed by atoms with Gasteiger partial charge in [-0.05, 0) is 48.9 Å². The number of nitrogens with zero attached hydrogens (tertiary/aromatic N) is 1. The number of hydrogen-bond donors (Lipinski definition) is 0. The molecule has 0 aliphatic carbocycles. The van der Waals surface area contributed by atoms with Gasteiger partial charge in [-0.2, -0.15) is 0 Å². The molecule has 0 spiro atoms. The predicted molar refractivity (Wildman–Crippen MR) is 118 cm³/mol. The maximum atomic E-state index is 13.6. The second-order valence-corrected chi connectivity index (χ2v) is 7.82. The molecule has 148 valence electrons. The van der Waals surface area contributed by atoms with Crippen LogP contribution in [0.25, 0.3) is 16.8 Å². The Hall–Kier alpha value is -3.44. The minimum Gasteiger partial charge on any atom is -0.294 e. The van der Waals surface area contributed by atoms with Crippen molar-refractivity contribution in [3.63, 3.8) is 0 Å². The molecule has 0 saturated heterocycles. The lowest BCUT2D eigenvalue weighted by atomic mass is 9.99. The molecule has 0 aliphatic rings. The number of aromatic nitrogens is 1. The maximum absolute atomic E-state index is 13.6. The van der Waals surface area contributed by atoms with Crippen LogP contribution in [0.1, 0.15) is 17.3 Å². The van der Waals surface area contributed by atoms with Crippen LogP contribution in [-0.2, 0) is 0 Å². The van der Waals surface area contributed by atoms with Crippen LogP contribution in [0.4, 0.5) is 4.39 Å². The smallest absolute Gasteiger partial charge is 0.269 e. The fourth-order valence-corrected chi connectivity index (χ4v) is 4.27. The lowest BCUT2D eigenvalue weighted by Gasteiger charge is -2.17. The van der Waals surface area contributed by atoms with E-state index in [1.54, 1.807) is 18.3 Å². The zero-order valence-corrected chi connectivity index (χ0v) is 17.0. The zero-order valence-electron chi connectivity index (χ0n) is 16.2. The number of ketones is 1. The van der Waals surface area contributed by atoms with Crippen molar-refractivity contribution in [3.05, 3.63) is 113 Å². The van der Waals surface area contributed by atoms with E-state index >= 15 is 0 Å². The van der Waals surface area contributed by atoms with Gasteiger partial charge in [0.1, 0.15) is 5.82 Å². The Labute approximate surface area is 177 Å². The summed E-state index contributed by atoms with van der Waals surface area (Å²) in [5, 5.41) is 0. The van der Waals surface area contributed by atoms with Crippen LogP contribution in [0.15, 0.2) is 106 Å². The molecule has 0 radical (unpaired) electrons. The highest BCUT2D eigenvalue weighted by Crippen LogP contribution is 2.36. The van der Waals surface area contributed by atoms with Gasteiger partial charge in [-0.15, -0.1) is 0 Å². The molecule has 4 aromatic rings. The van der Waals surface area contributed by atoms with Crippen molar-refractivity contribution in [1.29, 1.82) is 0 Å². The minimum absolute atomic E-state index is 0.139. The van der Waals surface area contributed by atoms with Gasteiger partial charge < -0.3 is 0 Å². The molecule has 5 heteroatoms. The van der Waals surface area contributed by atoms with E-state index in [-0.39, 0.29) is 17.2 Å². The van der Waals surface area contributed by atoms with E-state index in [1.807, 2.05) is 60.7 Å². The van der Waals surface area contributed by atoms with Gasteiger partial charge in [-0.25, -0.2) is 4.39 Å². The van der Waals surface area contributed by atoms with E-state index in [0.717, 1.165) is 5.56 Å². The topological polar surface area (TPSA) is 39.1 Å². The lowest BCUT2D eigenvalue weighted by molar-refractivity contribution is 0.101. The molecule has 0 aliphatic heterocycles. The van der Waals surface area contributed by atoms with Crippen LogP contribution in [0.3, 0.4) is 0 Å². The molecule has 0 amide bonds. The molecule has 1 heterocycles. The summed E-state index contributed by atoms with van der Waals surface area (Å²) in [6.45, 7) is 1.49. The maximum Gasteiger partial charge on any atom is 0.269 e. The Morgan fingerprint density at radius 2 is 1.47 bits per heavy atom. The highest BCUT2D eigenvalue weighted by atomic mass is 32.2. The summed E-state index contributed by atoms with van der Waals surface area (Å²) < 4.78 is 14.9. The van der Waals surface area contributed by atoms with Gasteiger partial charge >= 0.3 is 0 Å². The normalized spacial score (nSPS) is 10.7. The van der Waals surface area contributed by atoms with Gasteiger partial charge in [0.05, 0.1) is 4.90 Å². The molecule has 0 fully saturated rings. The van der Waals surface area contributed by atoms with Crippen molar-refractivity contribution in [2.24, 2.45) is 0 Å². The second kappa shape index (κ2) is 8.51. The summed E-state index contributed by atoms with van der Waals surface area (Å²) in [6, 6.07) is 24.5. The minimum atomic E-state index is -0.346. The molecule has 0 N–H and O–H groups in total. The van der Waals surface area contributed by atoms with Crippen molar-refractivity contribution < 1.29 is 9.18 Å². The number of halogens is 1. The first-order chi connectivity index (χ1) is 14.5. The van der Waals surface area contributed by atoms with E-state index in [0.29, 0.717) is 26.6 Å². The van der Waals surface area contributed by atoms with E-state index in [1.165, 1.54) is 35.4 Å². The van der Waals surface area contributed by atoms with Gasteiger partial charge in [0, 0.05) is 27.9 Å². The molecule has 0 bridgehead atoms. The third-order valence-corrected chi connectivity index (χ3v) is 5.77. The van der Waals surface area contributed by atoms with Crippen LogP contribution >= 0.6 is 11.8 Å². The number of hydrogen-bond acceptors (Lipinski definition) is 3. The zero-order chi connectivity index (χ0) is 21.1. The second-order valence-electron chi connectivity index (χ2n) is 6.74. The lowest BCUT2D eigenvalue weighted by Crippen LogP contribution is -2.22. The summed E-state index contributed by atoms with van der Waals surface area (Å²) in [5.41, 5.74) is 2.26. The summed E-state index contributed by atoms with van der Waals surface area (Å²) in [7, 11) is 0. The molecular formula is C25H18FNO2S. The Morgan fingerprint density at radius 1 is 0.867 bits per heavy atom. The molecule has 0 saturated carbocycles. The molecule has 4 rings (SSSR count). The van der Waals surface area contributed by atoms with Gasteiger partial charge in [-0.3, -0.25) is 14.2 Å². The van der Waals surface area contributed by atoms with Crippen LogP contribution in [0.2, 0.25) is 0 Å². The van der Waals surface area contributed by atoms with Crippen LogP contribution in [-0.4, -0.2) is 10.4 Å². The first-order valence-corrected chi connectivity index (χ1v) is 10.2. The molecular weight excluding hydrogens is 397 g/mol. The fourth-order valence-electron chi connectivity index (χ4n) is 3.24. The number of carbonyl (C=O) groups excluding carboxylic acids is 1. The van der Waals surface area contributed by atoms with Crippen molar-refractivity contribution in [1.82, 2.24) is 4.57 Å². The summed E-state index contributed by atoms with van der Waals surface area (Å²) in [6.07, 6.45) is 1.61. The third-order valence-electron chi connectivity index (χ3n) is 4.68. The van der Waals surface area contributed by atoms with Gasteiger partial charge in [0.2, 0.25) is 0 Å². The van der Waals surface area contributed by atoms with E-state index < -0.39 is 0 Å². The average Bonchev–Trinajstić information content (AvgIpc) is 2.77. The van der Waals surface area contributed by atoms with Crippen LogP contribution < -0.4 is 5.56 Å². The van der Waals surface area contributed by atoms with E-state index in [9.17, 15) is 14.0 Å². The van der Waals surface area contributed by atoms with Crippen LogP contribution in [0, 0.1) is 5.82 Å². The molecule has 1 aromatic heterocycles. The molecule has 30 heavy (non-hydrogen) atoms. The van der Waals surface area contributed by atoms with Crippen molar-refractivity contribution in [2.45, 2.75) is 16.7 Å². The quantitative estimate of drug-likeness (QED) is 0.376. The van der Waals surface area contributed by atoms with Gasteiger partial charge in [0.25, 0.3) is 5.56 Å². The average molecular weight is 415 g/mol. The monoisotopic (exact) mass is 415 g/mol. The van der Waals surface area contributed by atoms with Crippen molar-refractivity contribution in [3.8, 4) is 16.8 Å². The number of benzene rings is 3. The SMILES string of the molecule is CC(=O)c1cn(-c2ccccc2)c(=O)c(Sc2ccc(F)cc2)c1-c1ccccc1. The number of pyridine rings is 1. The van der Waals surface area contributed by atoms with E-state index in [4.69, 9.17) is 0 Å². The number of Topliss-reactive ketones (excluding diaryl/α,β-unsaturated/α-hetero) is 1. The largest absolute Gasteiger partial charge is 0.294 e. The molecule has 0 unspecified atom stereocenters. The van der Waals surface area contributed by atoms with Crippen molar-refractivity contribution in [2.75, 3.05) is 0 Å². The Bertz CT molecular complexity index is 1250. The Balaban J connectivity index is 2.02. The van der Waals surface area contributed by atoms with Crippen molar-refractivity contribution >= 4 is 17.5 Å². The fraction of sp³-hybridized carbons (Fsp3) is 0.0400. The highest BCUT2D eigenvalue weighted by molar-refractivity contribution is 7.99. The van der Waals surface area contributed by atoms with Gasteiger partial charge in [-0.1, -0.05) is 60.3 Å². The predicted octanol–water partition coefficient (Wildman–Crippen LogP) is 6.00. The molecule has 3 nitrogen and oxygen atoms in total. The first-order valence-electron chi connectivity index (χ1n) is 9.39. The Morgan fingerprint density at radius 3 is 2.07 bits per heavy atom. The number of carbonyl (C=O) groups is 1. The highest BCUT2D eigenvalue weighted by Gasteiger charge is 2.21. The summed E-state index contributed by atoms with van der Waals surface area (Å²) >= 11 is 1.23. The van der Waals surface area contributed by atoms with E-state index in [2.05, 4.69) is 0 Å². The van der Waals surface area contributed by atoms with Crippen LogP contribution in [0.5, 0.6) is 0 Å². The standard InChI is InChI=1S/C25H18FNO2S/c1-17(28)22-16-27(20-10-6-3-7-11-20)25(29)24(23(22)18-8-4-2-5-9-18)30-21-14-12-19(26)13-15-21/h2-16H,1H3. The van der Waals surface area contributed by atoms with Gasteiger partial charge in [0.15, 0.2) is 5.78 Å². The number of para-hydroxylation sites is 1. The summed E-state index contributed by atoms with van der Waals surface area (Å²) in [5.74, 6) is -0.485.